The lowest BCUT2D eigenvalue weighted by atomic mass is 9.98. The summed E-state index contributed by atoms with van der Waals surface area (Å²) in [4.78, 5) is 14.9. The van der Waals surface area contributed by atoms with E-state index in [0.29, 0.717) is 13.0 Å². The van der Waals surface area contributed by atoms with Crippen molar-refractivity contribution in [2.24, 2.45) is 0 Å². The average Bonchev–Trinajstić information content (AvgIpc) is 2.75. The Bertz CT molecular complexity index is 618. The summed E-state index contributed by atoms with van der Waals surface area (Å²) in [6, 6.07) is 4.90. The van der Waals surface area contributed by atoms with Crippen LogP contribution in [0.3, 0.4) is 0 Å². The van der Waals surface area contributed by atoms with Gasteiger partial charge in [-0.15, -0.1) is 0 Å². The minimum atomic E-state index is -0.316. The molecule has 1 aromatic heterocycles. The van der Waals surface area contributed by atoms with Crippen molar-refractivity contribution in [1.29, 1.82) is 0 Å². The minimum Gasteiger partial charge on any atom is -0.508 e. The zero-order valence-electron chi connectivity index (χ0n) is 9.99. The molecule has 0 saturated heterocycles. The lowest BCUT2D eigenvalue weighted by Crippen LogP contribution is -2.42. The van der Waals surface area contributed by atoms with E-state index in [9.17, 15) is 9.90 Å². The number of nitrogens with one attached hydrogen (secondary N) is 2. The van der Waals surface area contributed by atoms with E-state index >= 15 is 0 Å². The summed E-state index contributed by atoms with van der Waals surface area (Å²) < 4.78 is 4.76. The Morgan fingerprint density at radius 1 is 1.50 bits per heavy atom. The lowest BCUT2D eigenvalue weighted by Gasteiger charge is -2.21. The zero-order chi connectivity index (χ0) is 12.7. The smallest absolute Gasteiger partial charge is 0.323 e. The molecule has 0 spiro atoms. The van der Waals surface area contributed by atoms with E-state index < -0.39 is 0 Å². The SMILES string of the molecule is COC(=O)C1Cc2c([nH]c3ccc(O)cc23)CN1. The van der Waals surface area contributed by atoms with Gasteiger partial charge in [0.2, 0.25) is 0 Å². The Hall–Kier alpha value is -2.01. The van der Waals surface area contributed by atoms with Gasteiger partial charge >= 0.3 is 5.97 Å². The van der Waals surface area contributed by atoms with Crippen LogP contribution < -0.4 is 5.32 Å². The molecule has 0 radical (unpaired) electrons. The van der Waals surface area contributed by atoms with Crippen molar-refractivity contribution < 1.29 is 14.6 Å². The molecule has 2 heterocycles. The van der Waals surface area contributed by atoms with Crippen LogP contribution in [-0.2, 0) is 22.5 Å². The molecule has 18 heavy (non-hydrogen) atoms. The Kier molecular flexibility index (Phi) is 2.48. The highest BCUT2D eigenvalue weighted by Gasteiger charge is 2.27. The number of benzene rings is 1. The monoisotopic (exact) mass is 246 g/mol. The first-order chi connectivity index (χ1) is 8.69. The number of phenolic OH excluding ortho intramolecular Hbond substituents is 1. The number of esters is 1. The third kappa shape index (κ3) is 1.64. The van der Waals surface area contributed by atoms with Gasteiger partial charge in [-0.05, 0) is 23.8 Å². The van der Waals surface area contributed by atoms with Crippen molar-refractivity contribution in [1.82, 2.24) is 10.3 Å². The normalized spacial score (nSPS) is 18.6. The maximum atomic E-state index is 11.6. The number of hydrogen-bond donors (Lipinski definition) is 3. The molecule has 5 nitrogen and oxygen atoms in total. The number of aromatic hydroxyl groups is 1. The van der Waals surface area contributed by atoms with E-state index in [1.807, 2.05) is 6.07 Å². The number of aromatic amines is 1. The summed E-state index contributed by atoms with van der Waals surface area (Å²) in [7, 11) is 1.39. The second-order valence-corrected chi connectivity index (χ2v) is 4.47. The summed E-state index contributed by atoms with van der Waals surface area (Å²) in [6.45, 7) is 0.602. The third-order valence-corrected chi connectivity index (χ3v) is 3.40. The molecule has 1 aromatic carbocycles. The molecular formula is C13H14N2O3. The van der Waals surface area contributed by atoms with E-state index in [2.05, 4.69) is 10.3 Å². The number of methoxy groups -OCH3 is 1. The predicted octanol–water partition coefficient (Wildman–Crippen LogP) is 1.06. The summed E-state index contributed by atoms with van der Waals surface area (Å²) in [6.07, 6.45) is 0.575. The molecule has 0 saturated carbocycles. The second kappa shape index (κ2) is 4.03. The molecule has 0 fully saturated rings. The van der Waals surface area contributed by atoms with E-state index in [0.717, 1.165) is 22.2 Å². The third-order valence-electron chi connectivity index (χ3n) is 3.40. The van der Waals surface area contributed by atoms with Gasteiger partial charge in [-0.25, -0.2) is 0 Å². The van der Waals surface area contributed by atoms with E-state index in [-0.39, 0.29) is 17.8 Å². The van der Waals surface area contributed by atoms with Gasteiger partial charge in [-0.3, -0.25) is 10.1 Å². The van der Waals surface area contributed by atoms with Gasteiger partial charge < -0.3 is 14.8 Å². The quantitative estimate of drug-likeness (QED) is 0.658. The number of hydrogen-bond acceptors (Lipinski definition) is 4. The molecule has 1 atom stereocenters. The van der Waals surface area contributed by atoms with Crippen molar-refractivity contribution in [3.63, 3.8) is 0 Å². The first-order valence-electron chi connectivity index (χ1n) is 5.82. The summed E-state index contributed by atoms with van der Waals surface area (Å²) in [5, 5.41) is 13.7. The Morgan fingerprint density at radius 2 is 2.33 bits per heavy atom. The van der Waals surface area contributed by atoms with Gasteiger partial charge in [0, 0.05) is 29.6 Å². The van der Waals surface area contributed by atoms with Gasteiger partial charge in [0.1, 0.15) is 11.8 Å². The number of fused-ring (bicyclic) bond motifs is 3. The van der Waals surface area contributed by atoms with Crippen molar-refractivity contribution in [3.05, 3.63) is 29.5 Å². The van der Waals surface area contributed by atoms with E-state index in [1.165, 1.54) is 7.11 Å². The maximum absolute atomic E-state index is 11.6. The molecule has 1 unspecified atom stereocenters. The fourth-order valence-electron chi connectivity index (χ4n) is 2.49. The lowest BCUT2D eigenvalue weighted by molar-refractivity contribution is -0.143. The van der Waals surface area contributed by atoms with Crippen molar-refractivity contribution in [2.45, 2.75) is 19.0 Å². The number of H-pyrrole nitrogens is 1. The Morgan fingerprint density at radius 3 is 3.11 bits per heavy atom. The number of aromatic nitrogens is 1. The van der Waals surface area contributed by atoms with Gasteiger partial charge in [0.25, 0.3) is 0 Å². The number of rotatable bonds is 1. The molecule has 0 aliphatic carbocycles. The molecule has 1 aliphatic rings. The van der Waals surface area contributed by atoms with Crippen LogP contribution in [0.4, 0.5) is 0 Å². The summed E-state index contributed by atoms with van der Waals surface area (Å²) in [5.41, 5.74) is 3.12. The minimum absolute atomic E-state index is 0.234. The van der Waals surface area contributed by atoms with Crippen molar-refractivity contribution in [3.8, 4) is 5.75 Å². The molecule has 0 bridgehead atoms. The van der Waals surface area contributed by atoms with Crippen LogP contribution in [0.1, 0.15) is 11.3 Å². The number of carbonyl (C=O) groups excluding carboxylic acids is 1. The number of phenols is 1. The van der Waals surface area contributed by atoms with Gasteiger partial charge in [0.15, 0.2) is 0 Å². The average molecular weight is 246 g/mol. The molecule has 3 rings (SSSR count). The molecular weight excluding hydrogens is 232 g/mol. The van der Waals surface area contributed by atoms with Crippen LogP contribution in [0.2, 0.25) is 0 Å². The first kappa shape index (κ1) is 11.1. The first-order valence-corrected chi connectivity index (χ1v) is 5.82. The van der Waals surface area contributed by atoms with Gasteiger partial charge in [-0.1, -0.05) is 0 Å². The largest absolute Gasteiger partial charge is 0.508 e. The molecule has 0 amide bonds. The second-order valence-electron chi connectivity index (χ2n) is 4.47. The summed E-state index contributed by atoms with van der Waals surface area (Å²) in [5.74, 6) is -0.0207. The Labute approximate surface area is 104 Å². The molecule has 2 aromatic rings. The highest BCUT2D eigenvalue weighted by Crippen LogP contribution is 2.29. The van der Waals surface area contributed by atoms with Crippen molar-refractivity contribution >= 4 is 16.9 Å². The van der Waals surface area contributed by atoms with Crippen LogP contribution in [0.5, 0.6) is 5.75 Å². The Balaban J connectivity index is 2.05. The van der Waals surface area contributed by atoms with E-state index in [4.69, 9.17) is 4.74 Å². The van der Waals surface area contributed by atoms with Crippen LogP contribution in [0.25, 0.3) is 10.9 Å². The topological polar surface area (TPSA) is 74.4 Å². The predicted molar refractivity (Wildman–Crippen MR) is 66.3 cm³/mol. The molecule has 94 valence electrons. The molecule has 5 heteroatoms. The van der Waals surface area contributed by atoms with Crippen molar-refractivity contribution in [2.75, 3.05) is 7.11 Å². The highest BCUT2D eigenvalue weighted by molar-refractivity contribution is 5.87. The molecule has 3 N–H and O–H groups in total. The van der Waals surface area contributed by atoms with Crippen LogP contribution >= 0.6 is 0 Å². The van der Waals surface area contributed by atoms with Gasteiger partial charge in [0.05, 0.1) is 7.11 Å². The van der Waals surface area contributed by atoms with Crippen LogP contribution in [-0.4, -0.2) is 29.2 Å². The number of carbonyl (C=O) groups is 1. The van der Waals surface area contributed by atoms with Crippen LogP contribution in [0.15, 0.2) is 18.2 Å². The maximum Gasteiger partial charge on any atom is 0.323 e. The standard InChI is InChI=1S/C13H14N2O3/c1-18-13(17)11-5-9-8-4-7(16)2-3-10(8)15-12(9)6-14-11/h2-4,11,14-16H,5-6H2,1H3. The highest BCUT2D eigenvalue weighted by atomic mass is 16.5. The fourth-order valence-corrected chi connectivity index (χ4v) is 2.49. The van der Waals surface area contributed by atoms with Crippen LogP contribution in [0, 0.1) is 0 Å². The summed E-state index contributed by atoms with van der Waals surface area (Å²) >= 11 is 0. The number of ether oxygens (including phenoxy) is 1. The fraction of sp³-hybridized carbons (Fsp3) is 0.308. The van der Waals surface area contributed by atoms with E-state index in [1.54, 1.807) is 12.1 Å². The van der Waals surface area contributed by atoms with Gasteiger partial charge in [-0.2, -0.15) is 0 Å². The zero-order valence-corrected chi connectivity index (χ0v) is 9.99. The molecule has 1 aliphatic heterocycles.